The van der Waals surface area contributed by atoms with Crippen LogP contribution in [0, 0.1) is 0 Å². The van der Waals surface area contributed by atoms with Gasteiger partial charge in [0, 0.05) is 23.5 Å². The molecule has 0 radical (unpaired) electrons. The number of amidine groups is 1. The SMILES string of the molecule is NS(=O)(=O)c1cccc(-c2cnn(Cc3ccccn3)c2)c1C1=NCN=N1. The molecule has 0 bridgehead atoms. The van der Waals surface area contributed by atoms with Crippen molar-refractivity contribution >= 4 is 15.9 Å². The van der Waals surface area contributed by atoms with E-state index < -0.39 is 10.0 Å². The monoisotopic (exact) mass is 381 g/mol. The van der Waals surface area contributed by atoms with E-state index in [2.05, 4.69) is 25.3 Å². The largest absolute Gasteiger partial charge is 0.266 e. The Morgan fingerprint density at radius 1 is 1.15 bits per heavy atom. The summed E-state index contributed by atoms with van der Waals surface area (Å²) in [6.07, 6.45) is 5.19. The van der Waals surface area contributed by atoms with Crippen molar-refractivity contribution in [3.8, 4) is 11.1 Å². The van der Waals surface area contributed by atoms with E-state index in [1.165, 1.54) is 6.07 Å². The Morgan fingerprint density at radius 2 is 2.04 bits per heavy atom. The van der Waals surface area contributed by atoms with Gasteiger partial charge in [-0.2, -0.15) is 10.2 Å². The van der Waals surface area contributed by atoms with E-state index in [9.17, 15) is 8.42 Å². The second-order valence-corrected chi connectivity index (χ2v) is 7.37. The molecular formula is C17H15N7O2S. The zero-order valence-electron chi connectivity index (χ0n) is 14.1. The average Bonchev–Trinajstić information content (AvgIpc) is 3.33. The van der Waals surface area contributed by atoms with E-state index in [0.717, 1.165) is 11.3 Å². The van der Waals surface area contributed by atoms with Crippen LogP contribution in [0.15, 0.2) is 75.1 Å². The van der Waals surface area contributed by atoms with Gasteiger partial charge in [0.1, 0.15) is 0 Å². The molecule has 10 heteroatoms. The molecule has 0 saturated carbocycles. The maximum absolute atomic E-state index is 12.1. The number of azo groups is 1. The van der Waals surface area contributed by atoms with E-state index in [1.807, 2.05) is 24.4 Å². The molecule has 3 heterocycles. The highest BCUT2D eigenvalue weighted by molar-refractivity contribution is 7.89. The highest BCUT2D eigenvalue weighted by atomic mass is 32.2. The quantitative estimate of drug-likeness (QED) is 0.722. The van der Waals surface area contributed by atoms with E-state index >= 15 is 0 Å². The minimum Gasteiger partial charge on any atom is -0.266 e. The summed E-state index contributed by atoms with van der Waals surface area (Å²) in [7, 11) is -3.96. The van der Waals surface area contributed by atoms with Crippen LogP contribution >= 0.6 is 0 Å². The number of primary sulfonamides is 1. The molecule has 27 heavy (non-hydrogen) atoms. The number of aromatic nitrogens is 3. The predicted molar refractivity (Wildman–Crippen MR) is 98.6 cm³/mol. The Hall–Kier alpha value is -3.24. The van der Waals surface area contributed by atoms with Gasteiger partial charge >= 0.3 is 0 Å². The number of nitrogens with zero attached hydrogens (tertiary/aromatic N) is 6. The second-order valence-electron chi connectivity index (χ2n) is 5.84. The van der Waals surface area contributed by atoms with Gasteiger partial charge in [0.15, 0.2) is 12.5 Å². The molecule has 0 spiro atoms. The number of sulfonamides is 1. The van der Waals surface area contributed by atoms with E-state index in [-0.39, 0.29) is 17.4 Å². The van der Waals surface area contributed by atoms with Gasteiger partial charge in [-0.25, -0.2) is 18.5 Å². The molecule has 9 nitrogen and oxygen atoms in total. The third-order valence-corrected chi connectivity index (χ3v) is 4.95. The molecule has 0 aliphatic carbocycles. The molecule has 3 aromatic rings. The zero-order chi connectivity index (χ0) is 18.9. The molecule has 1 aliphatic rings. The predicted octanol–water partition coefficient (Wildman–Crippen LogP) is 1.81. The van der Waals surface area contributed by atoms with Crippen LogP contribution in [0.3, 0.4) is 0 Å². The average molecular weight is 381 g/mol. The molecule has 1 aromatic carbocycles. The number of hydrogen-bond donors (Lipinski definition) is 1. The first-order valence-corrected chi connectivity index (χ1v) is 9.58. The molecule has 0 atom stereocenters. The van der Waals surface area contributed by atoms with Crippen LogP contribution < -0.4 is 5.14 Å². The first kappa shape index (κ1) is 17.2. The third kappa shape index (κ3) is 3.52. The molecule has 0 unspecified atom stereocenters. The Labute approximate surface area is 155 Å². The van der Waals surface area contributed by atoms with Crippen LogP contribution in [0.1, 0.15) is 11.3 Å². The molecule has 1 aliphatic heterocycles. The van der Waals surface area contributed by atoms with Crippen molar-refractivity contribution in [1.29, 1.82) is 0 Å². The summed E-state index contributed by atoms with van der Waals surface area (Å²) in [6, 6.07) is 10.5. The lowest BCUT2D eigenvalue weighted by atomic mass is 10.0. The summed E-state index contributed by atoms with van der Waals surface area (Å²) < 4.78 is 25.8. The Bertz CT molecular complexity index is 1150. The van der Waals surface area contributed by atoms with E-state index in [0.29, 0.717) is 17.7 Å². The van der Waals surface area contributed by atoms with Crippen molar-refractivity contribution in [2.75, 3.05) is 6.67 Å². The van der Waals surface area contributed by atoms with Gasteiger partial charge in [0.05, 0.1) is 23.3 Å². The van der Waals surface area contributed by atoms with Crippen molar-refractivity contribution in [2.24, 2.45) is 20.4 Å². The Kier molecular flexibility index (Phi) is 4.34. The number of hydrogen-bond acceptors (Lipinski definition) is 7. The van der Waals surface area contributed by atoms with E-state index in [4.69, 9.17) is 5.14 Å². The van der Waals surface area contributed by atoms with Gasteiger partial charge < -0.3 is 0 Å². The molecule has 2 aromatic heterocycles. The summed E-state index contributed by atoms with van der Waals surface area (Å²) in [5, 5.41) is 17.5. The van der Waals surface area contributed by atoms with Crippen LogP contribution in [0.4, 0.5) is 0 Å². The molecular weight excluding hydrogens is 366 g/mol. The van der Waals surface area contributed by atoms with Gasteiger partial charge in [-0.1, -0.05) is 18.2 Å². The number of rotatable bonds is 5. The van der Waals surface area contributed by atoms with Gasteiger partial charge in [-0.15, -0.1) is 5.11 Å². The Morgan fingerprint density at radius 3 is 2.74 bits per heavy atom. The smallest absolute Gasteiger partial charge is 0.238 e. The van der Waals surface area contributed by atoms with Crippen LogP contribution in [0.2, 0.25) is 0 Å². The lowest BCUT2D eigenvalue weighted by Crippen LogP contribution is -2.17. The van der Waals surface area contributed by atoms with Gasteiger partial charge in [0.25, 0.3) is 0 Å². The summed E-state index contributed by atoms with van der Waals surface area (Å²) >= 11 is 0. The molecule has 0 fully saturated rings. The van der Waals surface area contributed by atoms with Crippen LogP contribution in [-0.4, -0.2) is 35.7 Å². The highest BCUT2D eigenvalue weighted by Gasteiger charge is 2.24. The van der Waals surface area contributed by atoms with Crippen molar-refractivity contribution in [2.45, 2.75) is 11.4 Å². The van der Waals surface area contributed by atoms with Crippen LogP contribution in [0.5, 0.6) is 0 Å². The minimum absolute atomic E-state index is 0.0444. The van der Waals surface area contributed by atoms with Crippen molar-refractivity contribution in [3.05, 3.63) is 66.2 Å². The summed E-state index contributed by atoms with van der Waals surface area (Å²) in [4.78, 5) is 8.40. The summed E-state index contributed by atoms with van der Waals surface area (Å²) in [6.45, 7) is 0.651. The molecule has 2 N–H and O–H groups in total. The van der Waals surface area contributed by atoms with Gasteiger partial charge in [-0.05, 0) is 23.8 Å². The van der Waals surface area contributed by atoms with Crippen LogP contribution in [0.25, 0.3) is 11.1 Å². The maximum atomic E-state index is 12.1. The van der Waals surface area contributed by atoms with Crippen molar-refractivity contribution < 1.29 is 8.42 Å². The molecule has 136 valence electrons. The third-order valence-electron chi connectivity index (χ3n) is 4.00. The number of aliphatic imine (C=N–C) groups is 1. The fraction of sp³-hybridized carbons (Fsp3) is 0.118. The lowest BCUT2D eigenvalue weighted by Gasteiger charge is -2.10. The first-order valence-electron chi connectivity index (χ1n) is 8.03. The molecule has 0 saturated heterocycles. The van der Waals surface area contributed by atoms with Crippen LogP contribution in [-0.2, 0) is 16.6 Å². The number of pyridine rings is 1. The lowest BCUT2D eigenvalue weighted by molar-refractivity contribution is 0.597. The van der Waals surface area contributed by atoms with E-state index in [1.54, 1.807) is 29.2 Å². The summed E-state index contributed by atoms with van der Waals surface area (Å²) in [5.41, 5.74) is 2.53. The molecule has 4 rings (SSSR count). The van der Waals surface area contributed by atoms with Gasteiger partial charge in [-0.3, -0.25) is 9.67 Å². The second kappa shape index (κ2) is 6.82. The zero-order valence-corrected chi connectivity index (χ0v) is 14.9. The Balaban J connectivity index is 1.79. The fourth-order valence-corrected chi connectivity index (χ4v) is 3.60. The van der Waals surface area contributed by atoms with Crippen molar-refractivity contribution in [3.63, 3.8) is 0 Å². The topological polar surface area (TPSA) is 128 Å². The first-order chi connectivity index (χ1) is 13.0. The summed E-state index contributed by atoms with van der Waals surface area (Å²) in [5.74, 6) is 0.243. The van der Waals surface area contributed by atoms with Gasteiger partial charge in [0.2, 0.25) is 10.0 Å². The number of benzene rings is 1. The normalized spacial score (nSPS) is 13.7. The van der Waals surface area contributed by atoms with Crippen molar-refractivity contribution in [1.82, 2.24) is 14.8 Å². The standard InChI is InChI=1S/C17H15N7O2S/c18-27(25,26)15-6-3-5-14(16(15)17-20-11-21-23-17)12-8-22-24(9-12)10-13-4-1-2-7-19-13/h1-9H,10-11H2,(H2,18,25,26). The minimum atomic E-state index is -3.96. The number of nitrogens with two attached hydrogens (primary N) is 1. The molecule has 0 amide bonds. The highest BCUT2D eigenvalue weighted by Crippen LogP contribution is 2.30. The maximum Gasteiger partial charge on any atom is 0.238 e. The fourth-order valence-electron chi connectivity index (χ4n) is 2.84.